The standard InChI is InChI=1S/C16H28N2O/c17-15-9-5-8-13-10-18(11-14(13)15)16(19)12-6-3-1-2-4-7-12/h12-15H,1-11,17H2. The maximum absolute atomic E-state index is 12.7. The topological polar surface area (TPSA) is 46.3 Å². The third-order valence-electron chi connectivity index (χ3n) is 5.67. The fourth-order valence-corrected chi connectivity index (χ4v) is 4.48. The Morgan fingerprint density at radius 2 is 1.63 bits per heavy atom. The fraction of sp³-hybridized carbons (Fsp3) is 0.938. The molecule has 1 amide bonds. The SMILES string of the molecule is NC1CCCC2CN(C(=O)C3CCCCCC3)CC12. The molecule has 108 valence electrons. The molecular formula is C16H28N2O. The number of hydrogen-bond donors (Lipinski definition) is 1. The van der Waals surface area contributed by atoms with Gasteiger partial charge in [0.1, 0.15) is 0 Å². The highest BCUT2D eigenvalue weighted by atomic mass is 16.2. The first-order valence-electron chi connectivity index (χ1n) is 8.30. The molecule has 2 aliphatic carbocycles. The van der Waals surface area contributed by atoms with Gasteiger partial charge in [0.2, 0.25) is 5.91 Å². The maximum atomic E-state index is 12.7. The van der Waals surface area contributed by atoms with Crippen molar-refractivity contribution in [3.63, 3.8) is 0 Å². The van der Waals surface area contributed by atoms with Crippen LogP contribution < -0.4 is 5.73 Å². The predicted molar refractivity (Wildman–Crippen MR) is 76.6 cm³/mol. The summed E-state index contributed by atoms with van der Waals surface area (Å²) in [4.78, 5) is 14.9. The zero-order valence-electron chi connectivity index (χ0n) is 12.0. The van der Waals surface area contributed by atoms with Crippen LogP contribution in [0.4, 0.5) is 0 Å². The van der Waals surface area contributed by atoms with Crippen LogP contribution in [0.15, 0.2) is 0 Å². The van der Waals surface area contributed by atoms with Gasteiger partial charge < -0.3 is 10.6 Å². The Balaban J connectivity index is 1.61. The number of nitrogens with zero attached hydrogens (tertiary/aromatic N) is 1. The highest BCUT2D eigenvalue weighted by molar-refractivity contribution is 5.79. The summed E-state index contributed by atoms with van der Waals surface area (Å²) in [6.45, 7) is 1.94. The molecule has 1 aliphatic heterocycles. The second-order valence-corrected chi connectivity index (χ2v) is 6.95. The van der Waals surface area contributed by atoms with E-state index < -0.39 is 0 Å². The first-order valence-corrected chi connectivity index (χ1v) is 8.30. The van der Waals surface area contributed by atoms with E-state index in [4.69, 9.17) is 5.73 Å². The second kappa shape index (κ2) is 5.82. The van der Waals surface area contributed by atoms with Gasteiger partial charge in [-0.2, -0.15) is 0 Å². The lowest BCUT2D eigenvalue weighted by Gasteiger charge is -2.29. The van der Waals surface area contributed by atoms with Crippen LogP contribution in [-0.4, -0.2) is 29.9 Å². The van der Waals surface area contributed by atoms with E-state index in [0.717, 1.165) is 32.4 Å². The molecule has 0 radical (unpaired) electrons. The molecule has 1 saturated heterocycles. The number of rotatable bonds is 1. The quantitative estimate of drug-likeness (QED) is 0.740. The maximum Gasteiger partial charge on any atom is 0.225 e. The molecule has 0 aromatic heterocycles. The first kappa shape index (κ1) is 13.4. The van der Waals surface area contributed by atoms with E-state index in [1.165, 1.54) is 38.5 Å². The lowest BCUT2D eigenvalue weighted by molar-refractivity contribution is -0.135. The van der Waals surface area contributed by atoms with E-state index in [-0.39, 0.29) is 0 Å². The van der Waals surface area contributed by atoms with Gasteiger partial charge in [0.15, 0.2) is 0 Å². The first-order chi connectivity index (χ1) is 9.25. The Kier molecular flexibility index (Phi) is 4.11. The number of nitrogens with two attached hydrogens (primary N) is 1. The van der Waals surface area contributed by atoms with Gasteiger partial charge in [-0.05, 0) is 37.5 Å². The van der Waals surface area contributed by atoms with Crippen LogP contribution in [0.3, 0.4) is 0 Å². The number of hydrogen-bond acceptors (Lipinski definition) is 2. The van der Waals surface area contributed by atoms with Crippen molar-refractivity contribution in [2.45, 2.75) is 63.8 Å². The summed E-state index contributed by atoms with van der Waals surface area (Å²) in [6.07, 6.45) is 11.1. The Morgan fingerprint density at radius 1 is 0.895 bits per heavy atom. The van der Waals surface area contributed by atoms with Gasteiger partial charge in [0.25, 0.3) is 0 Å². The molecule has 0 spiro atoms. The van der Waals surface area contributed by atoms with Gasteiger partial charge in [-0.1, -0.05) is 32.1 Å². The van der Waals surface area contributed by atoms with E-state index in [2.05, 4.69) is 4.90 Å². The average Bonchev–Trinajstić information content (AvgIpc) is 2.67. The highest BCUT2D eigenvalue weighted by Crippen LogP contribution is 2.37. The largest absolute Gasteiger partial charge is 0.342 e. The van der Waals surface area contributed by atoms with Gasteiger partial charge in [-0.3, -0.25) is 4.79 Å². The number of fused-ring (bicyclic) bond motifs is 1. The summed E-state index contributed by atoms with van der Waals surface area (Å²) in [5, 5.41) is 0. The number of carbonyl (C=O) groups excluding carboxylic acids is 1. The Morgan fingerprint density at radius 3 is 2.32 bits per heavy atom. The minimum atomic E-state index is 0.318. The van der Waals surface area contributed by atoms with Crippen LogP contribution in [0, 0.1) is 17.8 Å². The fourth-order valence-electron chi connectivity index (χ4n) is 4.48. The summed E-state index contributed by atoms with van der Waals surface area (Å²) < 4.78 is 0. The van der Waals surface area contributed by atoms with Gasteiger partial charge in [0, 0.05) is 25.0 Å². The molecule has 3 heteroatoms. The summed E-state index contributed by atoms with van der Waals surface area (Å²) in [5.41, 5.74) is 6.25. The van der Waals surface area contributed by atoms with Crippen molar-refractivity contribution in [3.8, 4) is 0 Å². The minimum absolute atomic E-state index is 0.318. The smallest absolute Gasteiger partial charge is 0.225 e. The van der Waals surface area contributed by atoms with Gasteiger partial charge in [-0.25, -0.2) is 0 Å². The summed E-state index contributed by atoms with van der Waals surface area (Å²) >= 11 is 0. The van der Waals surface area contributed by atoms with Crippen LogP contribution in [0.5, 0.6) is 0 Å². The highest BCUT2D eigenvalue weighted by Gasteiger charge is 2.41. The van der Waals surface area contributed by atoms with Crippen molar-refractivity contribution in [1.82, 2.24) is 4.90 Å². The molecule has 3 atom stereocenters. The van der Waals surface area contributed by atoms with Gasteiger partial charge in [-0.15, -0.1) is 0 Å². The minimum Gasteiger partial charge on any atom is -0.342 e. The molecule has 3 unspecified atom stereocenters. The third kappa shape index (κ3) is 2.81. The Hall–Kier alpha value is -0.570. The van der Waals surface area contributed by atoms with Crippen LogP contribution in [0.1, 0.15) is 57.8 Å². The molecule has 3 aliphatic rings. The van der Waals surface area contributed by atoms with Crippen LogP contribution in [-0.2, 0) is 4.79 Å². The monoisotopic (exact) mass is 264 g/mol. The summed E-state index contributed by atoms with van der Waals surface area (Å²) in [6, 6.07) is 0.339. The van der Waals surface area contributed by atoms with Crippen LogP contribution >= 0.6 is 0 Å². The molecule has 3 rings (SSSR count). The van der Waals surface area contributed by atoms with E-state index >= 15 is 0 Å². The van der Waals surface area contributed by atoms with Gasteiger partial charge >= 0.3 is 0 Å². The van der Waals surface area contributed by atoms with Crippen LogP contribution in [0.25, 0.3) is 0 Å². The number of carbonyl (C=O) groups is 1. The molecular weight excluding hydrogens is 236 g/mol. The van der Waals surface area contributed by atoms with E-state index in [0.29, 0.717) is 29.7 Å². The Labute approximate surface area is 116 Å². The zero-order valence-corrected chi connectivity index (χ0v) is 12.0. The van der Waals surface area contributed by atoms with Crippen molar-refractivity contribution in [2.24, 2.45) is 23.5 Å². The van der Waals surface area contributed by atoms with Crippen molar-refractivity contribution >= 4 is 5.91 Å². The molecule has 0 aromatic rings. The summed E-state index contributed by atoms with van der Waals surface area (Å²) in [7, 11) is 0. The second-order valence-electron chi connectivity index (χ2n) is 6.95. The van der Waals surface area contributed by atoms with E-state index in [9.17, 15) is 4.79 Å². The number of amides is 1. The number of likely N-dealkylation sites (tertiary alicyclic amines) is 1. The van der Waals surface area contributed by atoms with Crippen molar-refractivity contribution in [3.05, 3.63) is 0 Å². The lowest BCUT2D eigenvalue weighted by atomic mass is 9.78. The average molecular weight is 264 g/mol. The molecule has 0 bridgehead atoms. The van der Waals surface area contributed by atoms with E-state index in [1.54, 1.807) is 0 Å². The lowest BCUT2D eigenvalue weighted by Crippen LogP contribution is -2.39. The molecule has 0 aromatic carbocycles. The Bertz CT molecular complexity index is 323. The summed E-state index contributed by atoms with van der Waals surface area (Å²) in [5.74, 6) is 2.05. The zero-order chi connectivity index (χ0) is 13.2. The molecule has 3 nitrogen and oxygen atoms in total. The van der Waals surface area contributed by atoms with Crippen LogP contribution in [0.2, 0.25) is 0 Å². The molecule has 2 saturated carbocycles. The van der Waals surface area contributed by atoms with Crippen molar-refractivity contribution < 1.29 is 4.79 Å². The normalized spacial score (nSPS) is 36.9. The van der Waals surface area contributed by atoms with E-state index in [1.807, 2.05) is 0 Å². The van der Waals surface area contributed by atoms with Crippen molar-refractivity contribution in [2.75, 3.05) is 13.1 Å². The van der Waals surface area contributed by atoms with Gasteiger partial charge in [0.05, 0.1) is 0 Å². The third-order valence-corrected chi connectivity index (χ3v) is 5.67. The molecule has 19 heavy (non-hydrogen) atoms. The van der Waals surface area contributed by atoms with Crippen molar-refractivity contribution in [1.29, 1.82) is 0 Å². The molecule has 2 N–H and O–H groups in total. The molecule has 3 fully saturated rings. The predicted octanol–water partition coefficient (Wildman–Crippen LogP) is 2.54. The molecule has 1 heterocycles.